The number of anilines is 1. The maximum Gasteiger partial charge on any atom is 0.229 e. The highest BCUT2D eigenvalue weighted by Crippen LogP contribution is 2.43. The van der Waals surface area contributed by atoms with E-state index in [1.54, 1.807) is 28.8 Å². The van der Waals surface area contributed by atoms with Crippen LogP contribution in [0.25, 0.3) is 0 Å². The van der Waals surface area contributed by atoms with Crippen molar-refractivity contribution in [2.24, 2.45) is 0 Å². The third kappa shape index (κ3) is 3.50. The molecule has 0 N–H and O–H groups in total. The Morgan fingerprint density at radius 1 is 1.18 bits per heavy atom. The number of hydrogen-bond acceptors (Lipinski definition) is 5. The van der Waals surface area contributed by atoms with Crippen molar-refractivity contribution in [3.8, 4) is 6.07 Å². The van der Waals surface area contributed by atoms with Crippen LogP contribution in [-0.4, -0.2) is 29.6 Å². The first-order chi connectivity index (χ1) is 13.6. The van der Waals surface area contributed by atoms with Crippen molar-refractivity contribution >= 4 is 35.1 Å². The predicted octanol–water partition coefficient (Wildman–Crippen LogP) is 4.77. The highest BCUT2D eigenvalue weighted by atomic mass is 32.2. The number of allylic oxidation sites excluding steroid dienone is 1. The second-order valence-electron chi connectivity index (χ2n) is 6.61. The van der Waals surface area contributed by atoms with Crippen LogP contribution in [-0.2, 0) is 4.79 Å². The maximum absolute atomic E-state index is 13.2. The van der Waals surface area contributed by atoms with Gasteiger partial charge in [0.25, 0.3) is 0 Å². The maximum atomic E-state index is 13.2. The van der Waals surface area contributed by atoms with Gasteiger partial charge < -0.3 is 4.90 Å². The predicted molar refractivity (Wildman–Crippen MR) is 111 cm³/mol. The summed E-state index contributed by atoms with van der Waals surface area (Å²) in [4.78, 5) is 17.8. The van der Waals surface area contributed by atoms with Crippen LogP contribution in [0.5, 0.6) is 0 Å². The van der Waals surface area contributed by atoms with Crippen LogP contribution in [0.3, 0.4) is 0 Å². The van der Waals surface area contributed by atoms with Gasteiger partial charge in [-0.3, -0.25) is 9.69 Å². The fraction of sp³-hybridized carbons (Fsp3) is 0.238. The van der Waals surface area contributed by atoms with Gasteiger partial charge in [-0.2, -0.15) is 5.26 Å². The highest BCUT2D eigenvalue weighted by molar-refractivity contribution is 8.03. The van der Waals surface area contributed by atoms with E-state index in [4.69, 9.17) is 0 Å². The standard InChI is InChI=1S/C21H18FN3OS2/c1-27-17-8-2-14(3-9-17)18-10-20(26)25-12-24(13-28-21(25)19(18)11-23)16-6-4-15(22)5-7-16/h2-9,18H,10,12-13H2,1H3/t18-/m0/s1. The van der Waals surface area contributed by atoms with Crippen LogP contribution in [0.15, 0.2) is 64.0 Å². The number of nitrogens with zero attached hydrogens (tertiary/aromatic N) is 3. The first-order valence-electron chi connectivity index (χ1n) is 8.82. The van der Waals surface area contributed by atoms with Crippen LogP contribution >= 0.6 is 23.5 Å². The summed E-state index contributed by atoms with van der Waals surface area (Å²) in [5, 5.41) is 10.6. The molecule has 0 radical (unpaired) electrons. The fourth-order valence-corrected chi connectivity index (χ4v) is 5.07. The van der Waals surface area contributed by atoms with Gasteiger partial charge in [-0.15, -0.1) is 11.8 Å². The van der Waals surface area contributed by atoms with Crippen molar-refractivity contribution in [1.82, 2.24) is 4.90 Å². The van der Waals surface area contributed by atoms with E-state index in [1.807, 2.05) is 35.4 Å². The van der Waals surface area contributed by atoms with E-state index in [1.165, 1.54) is 23.9 Å². The minimum absolute atomic E-state index is 0.00672. The molecule has 1 amide bonds. The van der Waals surface area contributed by atoms with E-state index in [-0.39, 0.29) is 24.1 Å². The van der Waals surface area contributed by atoms with Gasteiger partial charge in [0.15, 0.2) is 0 Å². The summed E-state index contributed by atoms with van der Waals surface area (Å²) in [5.74, 6) is 0.121. The molecule has 0 bridgehead atoms. The largest absolute Gasteiger partial charge is 0.344 e. The minimum atomic E-state index is -0.287. The molecule has 7 heteroatoms. The van der Waals surface area contributed by atoms with Crippen molar-refractivity contribution in [3.05, 3.63) is 70.5 Å². The van der Waals surface area contributed by atoms with E-state index >= 15 is 0 Å². The molecule has 28 heavy (non-hydrogen) atoms. The Morgan fingerprint density at radius 3 is 2.54 bits per heavy atom. The molecular formula is C21H18FN3OS2. The molecule has 1 atom stereocenters. The summed E-state index contributed by atoms with van der Waals surface area (Å²) >= 11 is 3.15. The Kier molecular flexibility index (Phi) is 5.33. The lowest BCUT2D eigenvalue weighted by Gasteiger charge is -2.42. The highest BCUT2D eigenvalue weighted by Gasteiger charge is 2.38. The van der Waals surface area contributed by atoms with Gasteiger partial charge in [0.05, 0.1) is 29.2 Å². The minimum Gasteiger partial charge on any atom is -0.344 e. The average molecular weight is 412 g/mol. The molecule has 0 aromatic heterocycles. The van der Waals surface area contributed by atoms with Gasteiger partial charge in [0, 0.05) is 22.9 Å². The van der Waals surface area contributed by atoms with E-state index in [0.717, 1.165) is 21.2 Å². The molecule has 0 spiro atoms. The Bertz CT molecular complexity index is 967. The van der Waals surface area contributed by atoms with E-state index in [2.05, 4.69) is 6.07 Å². The lowest BCUT2D eigenvalue weighted by Crippen LogP contribution is -2.47. The molecule has 2 aliphatic rings. The Labute approximate surface area is 172 Å². The molecule has 0 unspecified atom stereocenters. The molecule has 4 nitrogen and oxygen atoms in total. The third-order valence-electron chi connectivity index (χ3n) is 5.00. The van der Waals surface area contributed by atoms with Gasteiger partial charge in [0.2, 0.25) is 5.91 Å². The molecule has 142 valence electrons. The number of carbonyl (C=O) groups is 1. The molecule has 2 aromatic rings. The van der Waals surface area contributed by atoms with Crippen molar-refractivity contribution < 1.29 is 9.18 Å². The summed E-state index contributed by atoms with van der Waals surface area (Å²) in [6.07, 6.45) is 2.30. The van der Waals surface area contributed by atoms with Crippen molar-refractivity contribution in [2.45, 2.75) is 17.2 Å². The van der Waals surface area contributed by atoms with Crippen LogP contribution < -0.4 is 4.90 Å². The molecule has 2 heterocycles. The zero-order valence-electron chi connectivity index (χ0n) is 15.3. The number of amides is 1. The number of benzene rings is 2. The number of carbonyl (C=O) groups excluding carboxylic acids is 1. The Hall–Kier alpha value is -2.43. The summed E-state index contributed by atoms with van der Waals surface area (Å²) in [5.41, 5.74) is 2.51. The first-order valence-corrected chi connectivity index (χ1v) is 11.0. The topological polar surface area (TPSA) is 47.3 Å². The Morgan fingerprint density at radius 2 is 1.89 bits per heavy atom. The third-order valence-corrected chi connectivity index (χ3v) is 6.90. The van der Waals surface area contributed by atoms with E-state index < -0.39 is 0 Å². The number of hydrogen-bond donors (Lipinski definition) is 0. The molecule has 1 fully saturated rings. The summed E-state index contributed by atoms with van der Waals surface area (Å²) in [6.45, 7) is 0.371. The van der Waals surface area contributed by atoms with Crippen LogP contribution in [0.1, 0.15) is 17.9 Å². The second kappa shape index (κ2) is 7.90. The molecule has 1 saturated heterocycles. The van der Waals surface area contributed by atoms with Gasteiger partial charge in [-0.1, -0.05) is 23.9 Å². The fourth-order valence-electron chi connectivity index (χ4n) is 3.50. The molecule has 2 aliphatic heterocycles. The zero-order chi connectivity index (χ0) is 19.7. The van der Waals surface area contributed by atoms with Crippen molar-refractivity contribution in [3.63, 3.8) is 0 Å². The lowest BCUT2D eigenvalue weighted by atomic mass is 9.86. The monoisotopic (exact) mass is 411 g/mol. The van der Waals surface area contributed by atoms with Gasteiger partial charge in [0.1, 0.15) is 5.82 Å². The van der Waals surface area contributed by atoms with Crippen molar-refractivity contribution in [2.75, 3.05) is 23.7 Å². The number of thioether (sulfide) groups is 2. The SMILES string of the molecule is CSc1ccc([C@@H]2CC(=O)N3CN(c4ccc(F)cc4)CSC3=C2C#N)cc1. The van der Waals surface area contributed by atoms with Gasteiger partial charge >= 0.3 is 0 Å². The number of halogens is 1. The molecular weight excluding hydrogens is 393 g/mol. The number of rotatable bonds is 3. The van der Waals surface area contributed by atoms with Crippen LogP contribution in [0.2, 0.25) is 0 Å². The summed E-state index contributed by atoms with van der Waals surface area (Å²) in [7, 11) is 0. The number of fused-ring (bicyclic) bond motifs is 1. The van der Waals surface area contributed by atoms with Gasteiger partial charge in [-0.05, 0) is 48.2 Å². The van der Waals surface area contributed by atoms with E-state index in [0.29, 0.717) is 18.1 Å². The zero-order valence-corrected chi connectivity index (χ0v) is 16.9. The summed E-state index contributed by atoms with van der Waals surface area (Å²) in [6, 6.07) is 16.7. The normalized spacial score (nSPS) is 19.5. The molecule has 0 saturated carbocycles. The smallest absolute Gasteiger partial charge is 0.229 e. The molecule has 4 rings (SSSR count). The lowest BCUT2D eigenvalue weighted by molar-refractivity contribution is -0.129. The average Bonchev–Trinajstić information content (AvgIpc) is 2.74. The van der Waals surface area contributed by atoms with Crippen molar-refractivity contribution in [1.29, 1.82) is 5.26 Å². The Balaban J connectivity index is 1.63. The van der Waals surface area contributed by atoms with Crippen LogP contribution in [0, 0.1) is 17.1 Å². The number of nitriles is 1. The quantitative estimate of drug-likeness (QED) is 0.681. The molecule has 0 aliphatic carbocycles. The van der Waals surface area contributed by atoms with E-state index in [9.17, 15) is 14.4 Å². The molecule has 2 aromatic carbocycles. The van der Waals surface area contributed by atoms with Gasteiger partial charge in [-0.25, -0.2) is 4.39 Å². The second-order valence-corrected chi connectivity index (χ2v) is 8.43. The van der Waals surface area contributed by atoms with Crippen LogP contribution in [0.4, 0.5) is 10.1 Å². The summed E-state index contributed by atoms with van der Waals surface area (Å²) < 4.78 is 13.2. The first kappa shape index (κ1) is 18.9.